The molecule has 2 unspecified atom stereocenters. The van der Waals surface area contributed by atoms with Gasteiger partial charge in [0.2, 0.25) is 0 Å². The van der Waals surface area contributed by atoms with Crippen LogP contribution in [0, 0.1) is 11.3 Å². The lowest BCUT2D eigenvalue weighted by atomic mass is 9.85. The summed E-state index contributed by atoms with van der Waals surface area (Å²) in [6.07, 6.45) is 9.76. The molecule has 2 heteroatoms. The van der Waals surface area contributed by atoms with Crippen LogP contribution in [0.25, 0.3) is 0 Å². The van der Waals surface area contributed by atoms with Crippen LogP contribution in [0.2, 0.25) is 0 Å². The Morgan fingerprint density at radius 1 is 1.47 bits per heavy atom. The van der Waals surface area contributed by atoms with E-state index in [2.05, 4.69) is 26.1 Å². The monoisotopic (exact) mass is 239 g/mol. The van der Waals surface area contributed by atoms with Crippen LogP contribution in [-0.4, -0.2) is 13.1 Å². The Hall–Kier alpha value is -0.630. The number of halogens is 1. The Bertz CT molecular complexity index is 286. The van der Waals surface area contributed by atoms with E-state index in [-0.39, 0.29) is 5.83 Å². The molecular weight excluding hydrogens is 213 g/mol. The zero-order chi connectivity index (χ0) is 12.9. The van der Waals surface area contributed by atoms with Gasteiger partial charge in [-0.25, -0.2) is 4.39 Å². The third-order valence-electron chi connectivity index (χ3n) is 3.39. The summed E-state index contributed by atoms with van der Waals surface area (Å²) < 4.78 is 13.2. The third kappa shape index (κ3) is 5.49. The van der Waals surface area contributed by atoms with Crippen LogP contribution in [-0.2, 0) is 0 Å². The fourth-order valence-corrected chi connectivity index (χ4v) is 2.37. The highest BCUT2D eigenvalue weighted by atomic mass is 19.1. The van der Waals surface area contributed by atoms with E-state index < -0.39 is 0 Å². The molecule has 1 N–H and O–H groups in total. The van der Waals surface area contributed by atoms with Crippen LogP contribution in [0.5, 0.6) is 0 Å². The number of hydrogen-bond acceptors (Lipinski definition) is 1. The lowest BCUT2D eigenvalue weighted by Gasteiger charge is -2.26. The molecule has 0 radical (unpaired) electrons. The van der Waals surface area contributed by atoms with Gasteiger partial charge in [-0.1, -0.05) is 33.3 Å². The summed E-state index contributed by atoms with van der Waals surface area (Å²) >= 11 is 0. The van der Waals surface area contributed by atoms with Crippen molar-refractivity contribution in [1.29, 1.82) is 0 Å². The van der Waals surface area contributed by atoms with Crippen molar-refractivity contribution in [2.75, 3.05) is 7.05 Å². The fraction of sp³-hybridized carbons (Fsp3) is 0.733. The highest BCUT2D eigenvalue weighted by molar-refractivity contribution is 5.18. The predicted octanol–water partition coefficient (Wildman–Crippen LogP) is 4.22. The first kappa shape index (κ1) is 14.4. The van der Waals surface area contributed by atoms with Gasteiger partial charge in [-0.3, -0.25) is 0 Å². The van der Waals surface area contributed by atoms with Crippen LogP contribution in [0.15, 0.2) is 24.1 Å². The molecule has 0 spiro atoms. The van der Waals surface area contributed by atoms with Crippen LogP contribution < -0.4 is 5.32 Å². The van der Waals surface area contributed by atoms with E-state index in [0.717, 1.165) is 12.8 Å². The zero-order valence-corrected chi connectivity index (χ0v) is 11.6. The predicted molar refractivity (Wildman–Crippen MR) is 72.6 cm³/mol. The third-order valence-corrected chi connectivity index (χ3v) is 3.39. The molecule has 0 aromatic carbocycles. The van der Waals surface area contributed by atoms with Gasteiger partial charge in [0.1, 0.15) is 5.83 Å². The molecule has 0 saturated carbocycles. The number of nitrogens with one attached hydrogen (secondary N) is 1. The summed E-state index contributed by atoms with van der Waals surface area (Å²) in [7, 11) is 1.98. The Morgan fingerprint density at radius 3 is 2.71 bits per heavy atom. The maximum Gasteiger partial charge on any atom is 0.119 e. The van der Waals surface area contributed by atoms with E-state index >= 15 is 0 Å². The second-order valence-electron chi connectivity index (χ2n) is 6.20. The van der Waals surface area contributed by atoms with Crippen molar-refractivity contribution in [3.05, 3.63) is 24.1 Å². The van der Waals surface area contributed by atoms with Gasteiger partial charge < -0.3 is 5.32 Å². The van der Waals surface area contributed by atoms with Crippen LogP contribution in [0.4, 0.5) is 4.39 Å². The summed E-state index contributed by atoms with van der Waals surface area (Å²) in [6, 6.07) is 0.396. The average Bonchev–Trinajstić information content (AvgIpc) is 2.23. The molecule has 98 valence electrons. The summed E-state index contributed by atoms with van der Waals surface area (Å²) in [4.78, 5) is 0. The molecule has 1 aliphatic carbocycles. The van der Waals surface area contributed by atoms with Crippen molar-refractivity contribution in [3.8, 4) is 0 Å². The Morgan fingerprint density at radius 2 is 2.18 bits per heavy atom. The summed E-state index contributed by atoms with van der Waals surface area (Å²) in [5.74, 6) is 0.224. The van der Waals surface area contributed by atoms with E-state index in [1.165, 1.54) is 12.8 Å². The van der Waals surface area contributed by atoms with Gasteiger partial charge in [0, 0.05) is 6.04 Å². The van der Waals surface area contributed by atoms with Crippen molar-refractivity contribution < 1.29 is 4.39 Å². The minimum atomic E-state index is -0.0858. The molecule has 0 bridgehead atoms. The molecule has 0 aliphatic heterocycles. The Labute approximate surface area is 105 Å². The van der Waals surface area contributed by atoms with E-state index in [0.29, 0.717) is 17.4 Å². The zero-order valence-electron chi connectivity index (χ0n) is 11.6. The van der Waals surface area contributed by atoms with E-state index in [9.17, 15) is 4.39 Å². The number of rotatable bonds is 5. The van der Waals surface area contributed by atoms with Crippen molar-refractivity contribution in [2.24, 2.45) is 11.3 Å². The molecular formula is C15H26FN. The van der Waals surface area contributed by atoms with Gasteiger partial charge >= 0.3 is 0 Å². The maximum absolute atomic E-state index is 13.2. The summed E-state index contributed by atoms with van der Waals surface area (Å²) in [6.45, 7) is 6.80. The van der Waals surface area contributed by atoms with Crippen LogP contribution in [0.3, 0.4) is 0 Å². The second kappa shape index (κ2) is 6.34. The first-order valence-corrected chi connectivity index (χ1v) is 6.63. The molecule has 0 heterocycles. The Kier molecular flexibility index (Phi) is 5.38. The minimum Gasteiger partial charge on any atom is -0.316 e. The van der Waals surface area contributed by atoms with Crippen molar-refractivity contribution in [1.82, 2.24) is 5.32 Å². The van der Waals surface area contributed by atoms with Crippen LogP contribution >= 0.6 is 0 Å². The quantitative estimate of drug-likeness (QED) is 0.757. The molecule has 0 amide bonds. The molecule has 0 saturated heterocycles. The Balaban J connectivity index is 2.41. The lowest BCUT2D eigenvalue weighted by molar-refractivity contribution is 0.325. The van der Waals surface area contributed by atoms with E-state index in [1.807, 2.05) is 13.1 Å². The largest absolute Gasteiger partial charge is 0.316 e. The van der Waals surface area contributed by atoms with Gasteiger partial charge in [0.25, 0.3) is 0 Å². The number of hydrogen-bond donors (Lipinski definition) is 1. The van der Waals surface area contributed by atoms with Crippen molar-refractivity contribution in [2.45, 2.75) is 52.5 Å². The van der Waals surface area contributed by atoms with Gasteiger partial charge in [0.05, 0.1) is 0 Å². The highest BCUT2D eigenvalue weighted by Gasteiger charge is 2.20. The molecule has 2 atom stereocenters. The van der Waals surface area contributed by atoms with Crippen molar-refractivity contribution >= 4 is 0 Å². The minimum absolute atomic E-state index is 0.0858. The molecule has 0 fully saturated rings. The SMILES string of the molecule is CNC(CCCC(C)(C)C)C1C=C(F)C=CC1. The van der Waals surface area contributed by atoms with Crippen molar-refractivity contribution in [3.63, 3.8) is 0 Å². The first-order chi connectivity index (χ1) is 7.92. The van der Waals surface area contributed by atoms with Gasteiger partial charge in [0.15, 0.2) is 0 Å². The van der Waals surface area contributed by atoms with Crippen LogP contribution in [0.1, 0.15) is 46.5 Å². The molecule has 1 nitrogen and oxygen atoms in total. The topological polar surface area (TPSA) is 12.0 Å². The fourth-order valence-electron chi connectivity index (χ4n) is 2.37. The van der Waals surface area contributed by atoms with Gasteiger partial charge in [-0.2, -0.15) is 0 Å². The van der Waals surface area contributed by atoms with E-state index in [4.69, 9.17) is 0 Å². The normalized spacial score (nSPS) is 22.4. The average molecular weight is 239 g/mol. The highest BCUT2D eigenvalue weighted by Crippen LogP contribution is 2.26. The molecule has 1 aliphatic rings. The second-order valence-corrected chi connectivity index (χ2v) is 6.20. The summed E-state index contributed by atoms with van der Waals surface area (Å²) in [5.41, 5.74) is 0.395. The molecule has 1 rings (SSSR count). The summed E-state index contributed by atoms with van der Waals surface area (Å²) in [5, 5.41) is 3.33. The maximum atomic E-state index is 13.2. The molecule has 0 aromatic heterocycles. The number of allylic oxidation sites excluding steroid dienone is 3. The molecule has 17 heavy (non-hydrogen) atoms. The molecule has 0 aromatic rings. The standard InChI is InChI=1S/C15H26FN/c1-15(2,3)10-6-9-14(17-4)12-7-5-8-13(16)11-12/h5,8,11-12,14,17H,6-7,9-10H2,1-4H3. The first-order valence-electron chi connectivity index (χ1n) is 6.63. The van der Waals surface area contributed by atoms with Gasteiger partial charge in [-0.05, 0) is 49.8 Å². The van der Waals surface area contributed by atoms with E-state index in [1.54, 1.807) is 12.2 Å². The lowest BCUT2D eigenvalue weighted by Crippen LogP contribution is -2.33. The smallest absolute Gasteiger partial charge is 0.119 e. The van der Waals surface area contributed by atoms with Gasteiger partial charge in [-0.15, -0.1) is 0 Å².